The normalized spacial score (nSPS) is 21.6. The second-order valence-electron chi connectivity index (χ2n) is 3.57. The zero-order chi connectivity index (χ0) is 9.19. The molecule has 12 heavy (non-hydrogen) atoms. The molecule has 0 aliphatic heterocycles. The zero-order valence-corrected chi connectivity index (χ0v) is 8.60. The minimum atomic E-state index is -2.97. The average Bonchev–Trinajstić information content (AvgIpc) is 2.03. The van der Waals surface area contributed by atoms with Gasteiger partial charge >= 0.3 is 0 Å². The van der Waals surface area contributed by atoms with E-state index in [9.17, 15) is 8.42 Å². The molecule has 1 saturated carbocycles. The van der Waals surface area contributed by atoms with Crippen LogP contribution in [0.15, 0.2) is 0 Å². The quantitative estimate of drug-likeness (QED) is 0.658. The van der Waals surface area contributed by atoms with Gasteiger partial charge in [0.1, 0.15) is 0 Å². The second-order valence-corrected chi connectivity index (χ2v) is 5.61. The number of hydrogen-bond acceptors (Lipinski definition) is 2. The van der Waals surface area contributed by atoms with E-state index in [4.69, 9.17) is 0 Å². The van der Waals surface area contributed by atoms with E-state index in [0.29, 0.717) is 0 Å². The maximum Gasteiger partial charge on any atom is 0.211 e. The third kappa shape index (κ3) is 2.45. The van der Waals surface area contributed by atoms with Crippen molar-refractivity contribution < 1.29 is 8.42 Å². The van der Waals surface area contributed by atoms with Crippen LogP contribution in [0, 0.1) is 0 Å². The minimum Gasteiger partial charge on any atom is -0.213 e. The minimum absolute atomic E-state index is 0.258. The van der Waals surface area contributed by atoms with Crippen LogP contribution in [0.3, 0.4) is 0 Å². The molecule has 1 rings (SSSR count). The van der Waals surface area contributed by atoms with Crippen molar-refractivity contribution in [2.75, 3.05) is 13.3 Å². The largest absolute Gasteiger partial charge is 0.213 e. The Bertz CT molecular complexity index is 229. The van der Waals surface area contributed by atoms with Crippen molar-refractivity contribution in [1.29, 1.82) is 0 Å². The molecule has 0 amide bonds. The molecule has 0 atom stereocenters. The van der Waals surface area contributed by atoms with Crippen molar-refractivity contribution in [2.24, 2.45) is 0 Å². The van der Waals surface area contributed by atoms with E-state index in [0.717, 1.165) is 12.8 Å². The van der Waals surface area contributed by atoms with Gasteiger partial charge in [-0.25, -0.2) is 12.7 Å². The van der Waals surface area contributed by atoms with Crippen LogP contribution in [-0.2, 0) is 10.0 Å². The summed E-state index contributed by atoms with van der Waals surface area (Å²) < 4.78 is 23.8. The molecule has 0 aromatic rings. The summed E-state index contributed by atoms with van der Waals surface area (Å²) >= 11 is 0. The van der Waals surface area contributed by atoms with E-state index >= 15 is 0 Å². The average molecular weight is 191 g/mol. The van der Waals surface area contributed by atoms with E-state index in [1.165, 1.54) is 29.8 Å². The van der Waals surface area contributed by atoms with E-state index < -0.39 is 10.0 Å². The second kappa shape index (κ2) is 3.75. The number of hydrogen-bond donors (Lipinski definition) is 0. The molecule has 1 aliphatic carbocycles. The molecule has 1 aliphatic rings. The Morgan fingerprint density at radius 1 is 1.17 bits per heavy atom. The number of nitrogens with zero attached hydrogens (tertiary/aromatic N) is 1. The smallest absolute Gasteiger partial charge is 0.211 e. The van der Waals surface area contributed by atoms with Gasteiger partial charge in [0, 0.05) is 13.1 Å². The molecule has 0 radical (unpaired) electrons. The lowest BCUT2D eigenvalue weighted by atomic mass is 9.96. The van der Waals surface area contributed by atoms with Crippen molar-refractivity contribution in [3.05, 3.63) is 0 Å². The van der Waals surface area contributed by atoms with Gasteiger partial charge in [-0.3, -0.25) is 0 Å². The van der Waals surface area contributed by atoms with Crippen LogP contribution >= 0.6 is 0 Å². The Morgan fingerprint density at radius 2 is 1.67 bits per heavy atom. The van der Waals surface area contributed by atoms with Gasteiger partial charge in [0.05, 0.1) is 6.26 Å². The maximum absolute atomic E-state index is 11.2. The summed E-state index contributed by atoms with van der Waals surface area (Å²) in [6.45, 7) is 0. The Hall–Kier alpha value is -0.0900. The molecular weight excluding hydrogens is 174 g/mol. The molecular formula is C8H17NO2S. The van der Waals surface area contributed by atoms with Gasteiger partial charge in [0.25, 0.3) is 0 Å². The topological polar surface area (TPSA) is 37.4 Å². The fourth-order valence-corrected chi connectivity index (χ4v) is 2.47. The summed E-state index contributed by atoms with van der Waals surface area (Å²) in [7, 11) is -1.28. The molecule has 4 heteroatoms. The summed E-state index contributed by atoms with van der Waals surface area (Å²) in [6.07, 6.45) is 6.94. The van der Waals surface area contributed by atoms with Crippen LogP contribution in [0.2, 0.25) is 0 Å². The summed E-state index contributed by atoms with van der Waals surface area (Å²) in [6, 6.07) is 0.258. The molecule has 0 saturated heterocycles. The molecule has 0 spiro atoms. The van der Waals surface area contributed by atoms with Gasteiger partial charge in [0.15, 0.2) is 0 Å². The predicted octanol–water partition coefficient (Wildman–Crippen LogP) is 1.21. The lowest BCUT2D eigenvalue weighted by Gasteiger charge is -2.29. The van der Waals surface area contributed by atoms with Gasteiger partial charge in [-0.15, -0.1) is 0 Å². The van der Waals surface area contributed by atoms with Gasteiger partial charge < -0.3 is 0 Å². The molecule has 0 N–H and O–H groups in total. The van der Waals surface area contributed by atoms with Crippen molar-refractivity contribution in [3.63, 3.8) is 0 Å². The highest BCUT2D eigenvalue weighted by molar-refractivity contribution is 7.88. The molecule has 0 heterocycles. The van der Waals surface area contributed by atoms with Gasteiger partial charge in [-0.2, -0.15) is 0 Å². The van der Waals surface area contributed by atoms with Crippen molar-refractivity contribution in [1.82, 2.24) is 4.31 Å². The summed E-state index contributed by atoms with van der Waals surface area (Å²) in [5, 5.41) is 0. The summed E-state index contributed by atoms with van der Waals surface area (Å²) in [4.78, 5) is 0. The van der Waals surface area contributed by atoms with Crippen LogP contribution in [0.1, 0.15) is 32.1 Å². The zero-order valence-electron chi connectivity index (χ0n) is 7.78. The standard InChI is InChI=1S/C8H17NO2S/c1-9(12(2,10)11)8-6-4-3-5-7-8/h8H,3-7H2,1-2H3. The molecule has 3 nitrogen and oxygen atoms in total. The Labute approximate surface area is 74.8 Å². The van der Waals surface area contributed by atoms with E-state index in [2.05, 4.69) is 0 Å². The van der Waals surface area contributed by atoms with Crippen molar-refractivity contribution in [2.45, 2.75) is 38.1 Å². The first-order valence-electron chi connectivity index (χ1n) is 4.45. The Morgan fingerprint density at radius 3 is 2.08 bits per heavy atom. The van der Waals surface area contributed by atoms with Crippen molar-refractivity contribution in [3.8, 4) is 0 Å². The maximum atomic E-state index is 11.2. The van der Waals surface area contributed by atoms with Crippen LogP contribution in [0.5, 0.6) is 0 Å². The highest BCUT2D eigenvalue weighted by Crippen LogP contribution is 2.22. The monoisotopic (exact) mass is 191 g/mol. The molecule has 0 bridgehead atoms. The fraction of sp³-hybridized carbons (Fsp3) is 1.00. The van der Waals surface area contributed by atoms with Gasteiger partial charge in [-0.1, -0.05) is 19.3 Å². The number of sulfonamides is 1. The number of rotatable bonds is 2. The third-order valence-corrected chi connectivity index (χ3v) is 3.96. The lowest BCUT2D eigenvalue weighted by molar-refractivity contribution is 0.287. The van der Waals surface area contributed by atoms with Gasteiger partial charge in [-0.05, 0) is 12.8 Å². The Balaban J connectivity index is 2.57. The van der Waals surface area contributed by atoms with Gasteiger partial charge in [0.2, 0.25) is 10.0 Å². The predicted molar refractivity (Wildman–Crippen MR) is 49.5 cm³/mol. The SMILES string of the molecule is CN(C1CCCCC1)S(C)(=O)=O. The first-order chi connectivity index (χ1) is 5.52. The fourth-order valence-electron chi connectivity index (χ4n) is 1.72. The van der Waals surface area contributed by atoms with Crippen LogP contribution < -0.4 is 0 Å². The summed E-state index contributed by atoms with van der Waals surface area (Å²) in [5.74, 6) is 0. The highest BCUT2D eigenvalue weighted by atomic mass is 32.2. The first-order valence-corrected chi connectivity index (χ1v) is 6.29. The molecule has 1 fully saturated rings. The van der Waals surface area contributed by atoms with E-state index in [1.54, 1.807) is 7.05 Å². The molecule has 72 valence electrons. The molecule has 0 unspecified atom stereocenters. The molecule has 0 aromatic heterocycles. The molecule has 0 aromatic carbocycles. The van der Waals surface area contributed by atoms with Crippen LogP contribution in [0.25, 0.3) is 0 Å². The first kappa shape index (κ1) is 9.99. The van der Waals surface area contributed by atoms with E-state index in [1.807, 2.05) is 0 Å². The Kier molecular flexibility index (Phi) is 3.12. The van der Waals surface area contributed by atoms with Crippen molar-refractivity contribution >= 4 is 10.0 Å². The lowest BCUT2D eigenvalue weighted by Crippen LogP contribution is -2.37. The van der Waals surface area contributed by atoms with Crippen LogP contribution in [-0.4, -0.2) is 32.1 Å². The third-order valence-electron chi connectivity index (χ3n) is 2.61. The van der Waals surface area contributed by atoms with Crippen LogP contribution in [0.4, 0.5) is 0 Å². The highest BCUT2D eigenvalue weighted by Gasteiger charge is 2.23. The van der Waals surface area contributed by atoms with E-state index in [-0.39, 0.29) is 6.04 Å². The summed E-state index contributed by atoms with van der Waals surface area (Å²) in [5.41, 5.74) is 0.